The number of carbonyl (C=O) groups excluding carboxylic acids is 1. The zero-order valence-electron chi connectivity index (χ0n) is 26.1. The average Bonchev–Trinajstić information content (AvgIpc) is 3.50. The predicted octanol–water partition coefficient (Wildman–Crippen LogP) is 6.72. The van der Waals surface area contributed by atoms with Crippen LogP contribution in [-0.2, 0) is 17.6 Å². The molecule has 2 N–H and O–H groups in total. The van der Waals surface area contributed by atoms with Crippen molar-refractivity contribution in [3.8, 4) is 27.5 Å². The summed E-state index contributed by atoms with van der Waals surface area (Å²) in [6.07, 6.45) is 3.18. The molecule has 0 bridgehead atoms. The van der Waals surface area contributed by atoms with Gasteiger partial charge in [0.25, 0.3) is 11.5 Å². The van der Waals surface area contributed by atoms with Crippen LogP contribution < -0.4 is 10.9 Å². The molecule has 45 heavy (non-hydrogen) atoms. The Hall–Kier alpha value is -4.05. The number of aliphatic carboxylic acids is 1. The highest BCUT2D eigenvalue weighted by molar-refractivity contribution is 7.13. The first-order valence-corrected chi connectivity index (χ1v) is 16.4. The summed E-state index contributed by atoms with van der Waals surface area (Å²) >= 11 is 7.42. The van der Waals surface area contributed by atoms with Crippen molar-refractivity contribution in [3.05, 3.63) is 97.2 Å². The fourth-order valence-electron chi connectivity index (χ4n) is 5.87. The highest BCUT2D eigenvalue weighted by atomic mass is 35.5. The minimum atomic E-state index is -1.09. The van der Waals surface area contributed by atoms with Gasteiger partial charge in [0.05, 0.1) is 28.2 Å². The van der Waals surface area contributed by atoms with Gasteiger partial charge in [-0.2, -0.15) is 0 Å². The Bertz CT molecular complexity index is 1820. The molecule has 10 heteroatoms. The van der Waals surface area contributed by atoms with E-state index in [4.69, 9.17) is 16.6 Å². The summed E-state index contributed by atoms with van der Waals surface area (Å²) in [6, 6.07) is 13.5. The number of hydrogen-bond donors (Lipinski definition) is 2. The number of aromatic nitrogens is 2. The van der Waals surface area contributed by atoms with E-state index in [1.165, 1.54) is 16.2 Å². The summed E-state index contributed by atoms with van der Waals surface area (Å²) in [5, 5.41) is 16.2. The number of hydrogen-bond acceptors (Lipinski definition) is 6. The maximum atomic E-state index is 14.7. The summed E-state index contributed by atoms with van der Waals surface area (Å²) in [6.45, 7) is 10.3. The van der Waals surface area contributed by atoms with Gasteiger partial charge in [0.1, 0.15) is 11.0 Å². The van der Waals surface area contributed by atoms with Crippen LogP contribution in [0.25, 0.3) is 33.6 Å². The number of rotatable bonds is 8. The van der Waals surface area contributed by atoms with Crippen LogP contribution in [0.15, 0.2) is 64.3 Å². The van der Waals surface area contributed by atoms with Crippen LogP contribution in [0.1, 0.15) is 61.8 Å². The summed E-state index contributed by atoms with van der Waals surface area (Å²) in [4.78, 5) is 48.0. The van der Waals surface area contributed by atoms with Crippen molar-refractivity contribution in [2.45, 2.75) is 59.5 Å². The third-order valence-electron chi connectivity index (χ3n) is 8.07. The summed E-state index contributed by atoms with van der Waals surface area (Å²) in [5.41, 5.74) is 5.76. The Morgan fingerprint density at radius 3 is 2.36 bits per heavy atom. The fraction of sp³-hybridized carbons (Fsp3) is 0.314. The lowest BCUT2D eigenvalue weighted by atomic mass is 9.98. The van der Waals surface area contributed by atoms with E-state index in [0.717, 1.165) is 28.0 Å². The molecule has 8 nitrogen and oxygen atoms in total. The van der Waals surface area contributed by atoms with E-state index in [2.05, 4.69) is 5.32 Å². The maximum absolute atomic E-state index is 14.7. The number of allylic oxidation sites excluding steroid dienone is 1. The van der Waals surface area contributed by atoms with Crippen LogP contribution in [0.5, 0.6) is 0 Å². The number of carboxylic acid groups (broad SMARTS) is 1. The number of benzene rings is 2. The van der Waals surface area contributed by atoms with Crippen LogP contribution in [0.4, 0.5) is 0 Å². The summed E-state index contributed by atoms with van der Waals surface area (Å²) in [7, 11) is 0. The number of piperazine rings is 1. The number of pyridine rings is 1. The second-order valence-electron chi connectivity index (χ2n) is 11.5. The molecule has 2 aromatic carbocycles. The van der Waals surface area contributed by atoms with Crippen molar-refractivity contribution >= 4 is 40.9 Å². The van der Waals surface area contributed by atoms with Crippen molar-refractivity contribution in [3.63, 3.8) is 0 Å². The molecule has 0 radical (unpaired) electrons. The Morgan fingerprint density at radius 1 is 1.09 bits per heavy atom. The predicted molar refractivity (Wildman–Crippen MR) is 182 cm³/mol. The Labute approximate surface area is 272 Å². The number of carboxylic acids is 1. The molecule has 2 atom stereocenters. The third-order valence-corrected chi connectivity index (χ3v) is 9.19. The first-order chi connectivity index (χ1) is 21.5. The minimum Gasteiger partial charge on any atom is -0.480 e. The van der Waals surface area contributed by atoms with E-state index in [1.807, 2.05) is 76.4 Å². The van der Waals surface area contributed by atoms with Crippen molar-refractivity contribution in [1.82, 2.24) is 19.8 Å². The van der Waals surface area contributed by atoms with E-state index in [-0.39, 0.29) is 29.3 Å². The fourth-order valence-corrected chi connectivity index (χ4v) is 6.83. The molecule has 1 aliphatic rings. The topological polar surface area (TPSA) is 105 Å². The standard InChI is InChI=1S/C35H37ClN4O4S/c1-6-22-9-8-10-23(7-2)31(22)40-29(15-20(3)4)26(33(41)39-21(5)17-37-18-30(39)35(43)44)16-27(34(40)42)32-38-28(19-45-32)24-11-13-25(36)14-12-24/h8-16,19,21,30,37H,6-7,17-18H2,1-5H3,(H,43,44). The lowest BCUT2D eigenvalue weighted by molar-refractivity contribution is -0.143. The lowest BCUT2D eigenvalue weighted by Gasteiger charge is -2.39. The van der Waals surface area contributed by atoms with Gasteiger partial charge >= 0.3 is 5.97 Å². The second kappa shape index (κ2) is 13.5. The van der Waals surface area contributed by atoms with E-state index in [1.54, 1.807) is 22.8 Å². The van der Waals surface area contributed by atoms with Crippen LogP contribution in [-0.4, -0.2) is 56.6 Å². The molecule has 2 unspecified atom stereocenters. The van der Waals surface area contributed by atoms with E-state index >= 15 is 0 Å². The van der Waals surface area contributed by atoms with Gasteiger partial charge in [-0.3, -0.25) is 14.2 Å². The van der Waals surface area contributed by atoms with Gasteiger partial charge in [-0.15, -0.1) is 11.3 Å². The highest BCUT2D eigenvalue weighted by Gasteiger charge is 2.38. The maximum Gasteiger partial charge on any atom is 0.327 e. The largest absolute Gasteiger partial charge is 0.480 e. The molecule has 1 aliphatic heterocycles. The quantitative estimate of drug-likeness (QED) is 0.221. The average molecular weight is 645 g/mol. The highest BCUT2D eigenvalue weighted by Crippen LogP contribution is 2.32. The molecule has 3 heterocycles. The summed E-state index contributed by atoms with van der Waals surface area (Å²) < 4.78 is 1.65. The smallest absolute Gasteiger partial charge is 0.327 e. The van der Waals surface area contributed by atoms with Crippen molar-refractivity contribution < 1.29 is 14.7 Å². The zero-order valence-corrected chi connectivity index (χ0v) is 27.6. The Kier molecular flexibility index (Phi) is 9.72. The van der Waals surface area contributed by atoms with Gasteiger partial charge in [-0.25, -0.2) is 9.78 Å². The van der Waals surface area contributed by atoms with Gasteiger partial charge in [0.15, 0.2) is 0 Å². The van der Waals surface area contributed by atoms with E-state index in [9.17, 15) is 19.5 Å². The molecule has 5 rings (SSSR count). The SMILES string of the molecule is CCc1cccc(CC)c1-n1c(C=C(C)C)c(C(=O)N2C(C)CNCC2C(=O)O)cc(-c2nc(-c3ccc(Cl)cc3)cs2)c1=O. The Balaban J connectivity index is 1.85. The summed E-state index contributed by atoms with van der Waals surface area (Å²) in [5.74, 6) is -1.53. The van der Waals surface area contributed by atoms with Crippen LogP contribution in [0, 0.1) is 0 Å². The minimum absolute atomic E-state index is 0.130. The van der Waals surface area contributed by atoms with E-state index < -0.39 is 17.9 Å². The number of carbonyl (C=O) groups is 2. The molecular weight excluding hydrogens is 608 g/mol. The number of nitrogens with zero attached hydrogens (tertiary/aromatic N) is 3. The van der Waals surface area contributed by atoms with Crippen LogP contribution in [0.2, 0.25) is 5.02 Å². The molecule has 1 fully saturated rings. The number of nitrogens with one attached hydrogen (secondary N) is 1. The van der Waals surface area contributed by atoms with Gasteiger partial charge < -0.3 is 15.3 Å². The second-order valence-corrected chi connectivity index (χ2v) is 12.8. The molecule has 2 aromatic heterocycles. The van der Waals surface area contributed by atoms with Gasteiger partial charge in [0.2, 0.25) is 0 Å². The molecule has 0 aliphatic carbocycles. The monoisotopic (exact) mass is 644 g/mol. The molecule has 1 saturated heterocycles. The number of thiazole rings is 1. The number of amides is 1. The lowest BCUT2D eigenvalue weighted by Crippen LogP contribution is -2.61. The van der Waals surface area contributed by atoms with E-state index in [0.29, 0.717) is 40.8 Å². The van der Waals surface area contributed by atoms with Gasteiger partial charge in [0, 0.05) is 35.1 Å². The van der Waals surface area contributed by atoms with Gasteiger partial charge in [-0.05, 0) is 69.0 Å². The molecule has 0 spiro atoms. The van der Waals surface area contributed by atoms with Crippen molar-refractivity contribution in [2.75, 3.05) is 13.1 Å². The van der Waals surface area contributed by atoms with Crippen molar-refractivity contribution in [2.24, 2.45) is 0 Å². The number of aryl methyl sites for hydroxylation is 2. The molecule has 1 amide bonds. The zero-order chi connectivity index (χ0) is 32.4. The first-order valence-electron chi connectivity index (χ1n) is 15.1. The normalized spacial score (nSPS) is 16.4. The molecular formula is C35H37ClN4O4S. The first kappa shape index (κ1) is 32.3. The Morgan fingerprint density at radius 2 is 1.76 bits per heavy atom. The number of para-hydroxylation sites is 1. The molecule has 4 aromatic rings. The molecule has 0 saturated carbocycles. The molecule has 234 valence electrons. The van der Waals surface area contributed by atoms with Crippen LogP contribution in [0.3, 0.4) is 0 Å². The van der Waals surface area contributed by atoms with Gasteiger partial charge in [-0.1, -0.05) is 61.4 Å². The van der Waals surface area contributed by atoms with Crippen LogP contribution >= 0.6 is 22.9 Å². The third kappa shape index (κ3) is 6.38. The number of halogens is 1. The van der Waals surface area contributed by atoms with Crippen molar-refractivity contribution in [1.29, 1.82) is 0 Å².